The molecule has 100 valence electrons. The van der Waals surface area contributed by atoms with Crippen LogP contribution in [-0.4, -0.2) is 16.7 Å². The maximum absolute atomic E-state index is 12.2. The van der Waals surface area contributed by atoms with Crippen LogP contribution in [0.5, 0.6) is 0 Å². The number of nitrogens with one attached hydrogen (secondary N) is 2. The zero-order valence-corrected chi connectivity index (χ0v) is 10.5. The van der Waals surface area contributed by atoms with E-state index >= 15 is 0 Å². The lowest BCUT2D eigenvalue weighted by Crippen LogP contribution is -2.25. The van der Waals surface area contributed by atoms with E-state index in [0.717, 1.165) is 11.6 Å². The van der Waals surface area contributed by atoms with Crippen molar-refractivity contribution < 1.29 is 14.1 Å². The van der Waals surface area contributed by atoms with Gasteiger partial charge in [0, 0.05) is 11.8 Å². The molecule has 1 aliphatic rings. The molecule has 1 aromatic carbocycles. The predicted octanol–water partition coefficient (Wildman–Crippen LogP) is 1.65. The first kappa shape index (κ1) is 12.2. The van der Waals surface area contributed by atoms with Crippen molar-refractivity contribution in [3.8, 4) is 0 Å². The minimum absolute atomic E-state index is 0.0539. The number of benzene rings is 1. The molecule has 1 aliphatic carbocycles. The van der Waals surface area contributed by atoms with Gasteiger partial charge >= 0.3 is 5.63 Å². The molecule has 0 spiro atoms. The van der Waals surface area contributed by atoms with Gasteiger partial charge in [0.25, 0.3) is 0 Å². The van der Waals surface area contributed by atoms with Gasteiger partial charge in [-0.1, -0.05) is 17.7 Å². The summed E-state index contributed by atoms with van der Waals surface area (Å²) in [7, 11) is 0. The van der Waals surface area contributed by atoms with Crippen LogP contribution in [0.3, 0.4) is 0 Å². The number of H-pyrrole nitrogens is 1. The van der Waals surface area contributed by atoms with Crippen molar-refractivity contribution in [1.29, 1.82) is 0 Å². The molecule has 2 N–H and O–H groups in total. The van der Waals surface area contributed by atoms with Crippen LogP contribution in [0.1, 0.15) is 26.4 Å². The van der Waals surface area contributed by atoms with Gasteiger partial charge in [-0.3, -0.25) is 9.59 Å². The third kappa shape index (κ3) is 1.87. The van der Waals surface area contributed by atoms with Gasteiger partial charge in [0.15, 0.2) is 0 Å². The molecule has 6 nitrogen and oxygen atoms in total. The Hall–Kier alpha value is -2.89. The minimum Gasteiger partial charge on any atom is -0.352 e. The number of anilines is 1. The average Bonchev–Trinajstić information content (AvgIpc) is 2.81. The third-order valence-corrected chi connectivity index (χ3v) is 3.02. The Kier molecular flexibility index (Phi) is 2.64. The highest BCUT2D eigenvalue weighted by atomic mass is 16.5. The summed E-state index contributed by atoms with van der Waals surface area (Å²) in [6.07, 6.45) is 1.15. The van der Waals surface area contributed by atoms with E-state index in [4.69, 9.17) is 0 Å². The van der Waals surface area contributed by atoms with Crippen LogP contribution in [0, 0.1) is 6.92 Å². The molecule has 3 rings (SSSR count). The molecular weight excluding hydrogens is 260 g/mol. The SMILES string of the molecule is Cc1ccc(NC2=CC(=O)c3[nH]oc(=O)c3C2=O)cc1. The number of hydrogen-bond acceptors (Lipinski definition) is 5. The monoisotopic (exact) mass is 270 g/mol. The van der Waals surface area contributed by atoms with Crippen molar-refractivity contribution in [2.24, 2.45) is 0 Å². The molecule has 6 heteroatoms. The van der Waals surface area contributed by atoms with E-state index in [1.807, 2.05) is 19.1 Å². The van der Waals surface area contributed by atoms with Crippen molar-refractivity contribution in [1.82, 2.24) is 5.16 Å². The maximum Gasteiger partial charge on any atom is 0.369 e. The van der Waals surface area contributed by atoms with Gasteiger partial charge in [-0.25, -0.2) is 9.95 Å². The van der Waals surface area contributed by atoms with Crippen molar-refractivity contribution in [3.63, 3.8) is 0 Å². The Morgan fingerprint density at radius 2 is 1.80 bits per heavy atom. The minimum atomic E-state index is -0.838. The molecule has 0 unspecified atom stereocenters. The summed E-state index contributed by atoms with van der Waals surface area (Å²) in [6.45, 7) is 1.94. The van der Waals surface area contributed by atoms with E-state index in [1.54, 1.807) is 12.1 Å². The van der Waals surface area contributed by atoms with E-state index in [1.165, 1.54) is 0 Å². The highest BCUT2D eigenvalue weighted by molar-refractivity contribution is 6.24. The highest BCUT2D eigenvalue weighted by Crippen LogP contribution is 2.19. The van der Waals surface area contributed by atoms with Crippen molar-refractivity contribution in [2.45, 2.75) is 6.92 Å². The van der Waals surface area contributed by atoms with Gasteiger partial charge in [0.2, 0.25) is 11.6 Å². The lowest BCUT2D eigenvalue weighted by Gasteiger charge is -2.12. The van der Waals surface area contributed by atoms with Crippen molar-refractivity contribution >= 4 is 17.3 Å². The van der Waals surface area contributed by atoms with Crippen molar-refractivity contribution in [2.75, 3.05) is 5.32 Å². The van der Waals surface area contributed by atoms with Crippen LogP contribution in [-0.2, 0) is 0 Å². The van der Waals surface area contributed by atoms with E-state index in [2.05, 4.69) is 15.0 Å². The summed E-state index contributed by atoms with van der Waals surface area (Å²) in [5.41, 5.74) is 0.588. The van der Waals surface area contributed by atoms with Gasteiger partial charge in [0.1, 0.15) is 11.3 Å². The number of ketones is 2. The van der Waals surface area contributed by atoms with Gasteiger partial charge in [-0.15, -0.1) is 0 Å². The standard InChI is InChI=1S/C14H10N2O4/c1-7-2-4-8(5-3-7)15-9-6-10(17)12-11(13(9)18)14(19)20-16-12/h2-6,15-16H,1H3. The summed E-state index contributed by atoms with van der Waals surface area (Å²) >= 11 is 0. The maximum atomic E-state index is 12.2. The zero-order valence-electron chi connectivity index (χ0n) is 10.5. The number of fused-ring (bicyclic) bond motifs is 1. The zero-order chi connectivity index (χ0) is 14.3. The number of aromatic amines is 1. The molecule has 0 saturated heterocycles. The highest BCUT2D eigenvalue weighted by Gasteiger charge is 2.31. The topological polar surface area (TPSA) is 92.2 Å². The summed E-state index contributed by atoms with van der Waals surface area (Å²) in [5.74, 6) is -1.03. The fourth-order valence-electron chi connectivity index (χ4n) is 1.97. The van der Waals surface area contributed by atoms with Crippen LogP contribution < -0.4 is 10.9 Å². The fraction of sp³-hybridized carbons (Fsp3) is 0.0714. The molecule has 0 saturated carbocycles. The van der Waals surface area contributed by atoms with Crippen LogP contribution in [0.15, 0.2) is 45.4 Å². The molecule has 0 atom stereocenters. The first-order valence-corrected chi connectivity index (χ1v) is 5.92. The molecule has 0 aliphatic heterocycles. The van der Waals surface area contributed by atoms with Gasteiger partial charge in [-0.2, -0.15) is 0 Å². The van der Waals surface area contributed by atoms with Crippen LogP contribution >= 0.6 is 0 Å². The lowest BCUT2D eigenvalue weighted by molar-refractivity contribution is 0.0982. The van der Waals surface area contributed by atoms with E-state index in [-0.39, 0.29) is 17.0 Å². The Bertz CT molecular complexity index is 793. The number of Topliss-reactive ketones (excluding diaryl/α,β-unsaturated/α-hetero) is 1. The Morgan fingerprint density at radius 1 is 1.10 bits per heavy atom. The summed E-state index contributed by atoms with van der Waals surface area (Å²) in [4.78, 5) is 35.4. The van der Waals surface area contributed by atoms with Gasteiger partial charge < -0.3 is 9.84 Å². The molecular formula is C14H10N2O4. The molecule has 0 amide bonds. The number of allylic oxidation sites excluding steroid dienone is 2. The van der Waals surface area contributed by atoms with E-state index < -0.39 is 17.2 Å². The number of carbonyl (C=O) groups excluding carboxylic acids is 2. The fourth-order valence-corrected chi connectivity index (χ4v) is 1.97. The number of aromatic nitrogens is 1. The smallest absolute Gasteiger partial charge is 0.352 e. The van der Waals surface area contributed by atoms with E-state index in [0.29, 0.717) is 5.69 Å². The Labute approximate surface area is 113 Å². The number of aryl methyl sites for hydroxylation is 1. The van der Waals surface area contributed by atoms with Crippen LogP contribution in [0.4, 0.5) is 5.69 Å². The third-order valence-electron chi connectivity index (χ3n) is 3.02. The van der Waals surface area contributed by atoms with Crippen molar-refractivity contribution in [3.05, 3.63) is 63.3 Å². The molecule has 0 bridgehead atoms. The number of rotatable bonds is 2. The molecule has 0 radical (unpaired) electrons. The molecule has 2 aromatic rings. The van der Waals surface area contributed by atoms with E-state index in [9.17, 15) is 14.4 Å². The normalized spacial score (nSPS) is 13.9. The summed E-state index contributed by atoms with van der Waals surface area (Å²) in [6, 6.07) is 7.30. The summed E-state index contributed by atoms with van der Waals surface area (Å²) < 4.78 is 4.49. The quantitative estimate of drug-likeness (QED) is 0.865. The second-order valence-corrected chi connectivity index (χ2v) is 4.48. The second-order valence-electron chi connectivity index (χ2n) is 4.48. The lowest BCUT2D eigenvalue weighted by atomic mass is 9.99. The van der Waals surface area contributed by atoms with Gasteiger partial charge in [-0.05, 0) is 19.1 Å². The first-order chi connectivity index (χ1) is 9.56. The van der Waals surface area contributed by atoms with Gasteiger partial charge in [0.05, 0.1) is 5.70 Å². The number of hydrogen-bond donors (Lipinski definition) is 2. The average molecular weight is 270 g/mol. The molecule has 20 heavy (non-hydrogen) atoms. The molecule has 0 fully saturated rings. The first-order valence-electron chi connectivity index (χ1n) is 5.92. The largest absolute Gasteiger partial charge is 0.369 e. The predicted molar refractivity (Wildman–Crippen MR) is 70.9 cm³/mol. The number of carbonyl (C=O) groups is 2. The Balaban J connectivity index is 1.97. The summed E-state index contributed by atoms with van der Waals surface area (Å²) in [5, 5.41) is 5.01. The molecule has 1 aromatic heterocycles. The van der Waals surface area contributed by atoms with Crippen LogP contribution in [0.25, 0.3) is 0 Å². The Morgan fingerprint density at radius 3 is 2.50 bits per heavy atom. The second kappa shape index (κ2) is 4.34. The van der Waals surface area contributed by atoms with Crippen LogP contribution in [0.2, 0.25) is 0 Å². The molecule has 1 heterocycles.